The van der Waals surface area contributed by atoms with Crippen LogP contribution in [0.3, 0.4) is 0 Å². The van der Waals surface area contributed by atoms with Crippen LogP contribution in [0.5, 0.6) is 0 Å². The van der Waals surface area contributed by atoms with Crippen molar-refractivity contribution in [1.29, 1.82) is 0 Å². The van der Waals surface area contributed by atoms with Gasteiger partial charge in [0.25, 0.3) is 0 Å². The highest BCUT2D eigenvalue weighted by molar-refractivity contribution is 5.63. The molecule has 0 amide bonds. The summed E-state index contributed by atoms with van der Waals surface area (Å²) >= 11 is 0. The highest BCUT2D eigenvalue weighted by atomic mass is 19.4. The van der Waals surface area contributed by atoms with Crippen molar-refractivity contribution in [2.24, 2.45) is 0 Å². The summed E-state index contributed by atoms with van der Waals surface area (Å²) in [6, 6.07) is 6.48. The predicted molar refractivity (Wildman–Crippen MR) is 89.6 cm³/mol. The molecule has 0 unspecified atom stereocenters. The third-order valence-electron chi connectivity index (χ3n) is 3.87. The van der Waals surface area contributed by atoms with Crippen molar-refractivity contribution >= 4 is 17.5 Å². The number of halogens is 3. The molecule has 1 atom stereocenters. The zero-order valence-electron chi connectivity index (χ0n) is 14.1. The molecule has 4 nitrogen and oxygen atoms in total. The minimum atomic E-state index is -4.53. The fourth-order valence-corrected chi connectivity index (χ4v) is 2.07. The van der Waals surface area contributed by atoms with Gasteiger partial charge in [-0.3, -0.25) is 0 Å². The SMILES string of the molecule is CC[C@@H](C)Nc1nc(Nc2cccc(C)c2C)cc(C(F)(F)F)n1. The van der Waals surface area contributed by atoms with Gasteiger partial charge in [-0.15, -0.1) is 0 Å². The van der Waals surface area contributed by atoms with Gasteiger partial charge in [-0.2, -0.15) is 18.2 Å². The monoisotopic (exact) mass is 338 g/mol. The van der Waals surface area contributed by atoms with Crippen molar-refractivity contribution in [3.8, 4) is 0 Å². The van der Waals surface area contributed by atoms with Crippen molar-refractivity contribution in [3.05, 3.63) is 41.1 Å². The number of aryl methyl sites for hydroxylation is 1. The lowest BCUT2D eigenvalue weighted by atomic mass is 10.1. The van der Waals surface area contributed by atoms with Gasteiger partial charge in [0.1, 0.15) is 5.82 Å². The maximum atomic E-state index is 13.1. The first-order valence-electron chi connectivity index (χ1n) is 7.76. The van der Waals surface area contributed by atoms with Gasteiger partial charge in [-0.25, -0.2) is 4.98 Å². The summed E-state index contributed by atoms with van der Waals surface area (Å²) in [6.07, 6.45) is -3.79. The fraction of sp³-hybridized carbons (Fsp3) is 0.412. The summed E-state index contributed by atoms with van der Waals surface area (Å²) in [4.78, 5) is 7.75. The standard InChI is InChI=1S/C17H21F3N4/c1-5-11(3)21-16-23-14(17(18,19)20)9-15(24-16)22-13-8-6-7-10(2)12(13)4/h6-9,11H,5H2,1-4H3,(H2,21,22,23,24)/t11-/m1/s1. The van der Waals surface area contributed by atoms with E-state index in [0.29, 0.717) is 0 Å². The Bertz CT molecular complexity index is 713. The number of hydrogen-bond acceptors (Lipinski definition) is 4. The van der Waals surface area contributed by atoms with E-state index < -0.39 is 11.9 Å². The number of alkyl halides is 3. The summed E-state index contributed by atoms with van der Waals surface area (Å²) < 4.78 is 39.3. The van der Waals surface area contributed by atoms with E-state index in [0.717, 1.165) is 29.3 Å². The van der Waals surface area contributed by atoms with Crippen molar-refractivity contribution in [3.63, 3.8) is 0 Å². The van der Waals surface area contributed by atoms with Gasteiger partial charge in [0.2, 0.25) is 5.95 Å². The van der Waals surface area contributed by atoms with Crippen LogP contribution in [-0.2, 0) is 6.18 Å². The van der Waals surface area contributed by atoms with Crippen LogP contribution in [0.15, 0.2) is 24.3 Å². The van der Waals surface area contributed by atoms with Gasteiger partial charge in [0, 0.05) is 17.8 Å². The molecular formula is C17H21F3N4. The molecule has 1 aromatic heterocycles. The molecular weight excluding hydrogens is 317 g/mol. The predicted octanol–water partition coefficient (Wildman–Crippen LogP) is 5.07. The van der Waals surface area contributed by atoms with Gasteiger partial charge in [-0.1, -0.05) is 19.1 Å². The normalized spacial score (nSPS) is 12.8. The number of rotatable bonds is 5. The van der Waals surface area contributed by atoms with Gasteiger partial charge < -0.3 is 10.6 Å². The fourth-order valence-electron chi connectivity index (χ4n) is 2.07. The third kappa shape index (κ3) is 4.37. The molecule has 130 valence electrons. The molecule has 0 aliphatic carbocycles. The molecule has 0 spiro atoms. The Kier molecular flexibility index (Phi) is 5.31. The summed E-state index contributed by atoms with van der Waals surface area (Å²) in [6.45, 7) is 7.64. The number of aromatic nitrogens is 2. The minimum absolute atomic E-state index is 0.0259. The second-order valence-corrected chi connectivity index (χ2v) is 5.79. The quantitative estimate of drug-likeness (QED) is 0.799. The van der Waals surface area contributed by atoms with Crippen LogP contribution < -0.4 is 10.6 Å². The molecule has 1 aromatic carbocycles. The summed E-state index contributed by atoms with van der Waals surface area (Å²) in [5.74, 6) is 0.0730. The average molecular weight is 338 g/mol. The van der Waals surface area contributed by atoms with Gasteiger partial charge in [0.05, 0.1) is 0 Å². The first-order chi connectivity index (χ1) is 11.2. The molecule has 0 aliphatic rings. The van der Waals surface area contributed by atoms with Crippen LogP contribution in [-0.4, -0.2) is 16.0 Å². The lowest BCUT2D eigenvalue weighted by molar-refractivity contribution is -0.141. The van der Waals surface area contributed by atoms with Gasteiger partial charge in [-0.05, 0) is 44.4 Å². The molecule has 2 rings (SSSR count). The topological polar surface area (TPSA) is 49.8 Å². The molecule has 0 aliphatic heterocycles. The lowest BCUT2D eigenvalue weighted by Gasteiger charge is -2.16. The molecule has 0 saturated carbocycles. The van der Waals surface area contributed by atoms with Crippen molar-refractivity contribution in [1.82, 2.24) is 9.97 Å². The van der Waals surface area contributed by atoms with E-state index in [1.54, 1.807) is 6.07 Å². The largest absolute Gasteiger partial charge is 0.433 e. The molecule has 24 heavy (non-hydrogen) atoms. The van der Waals surface area contributed by atoms with Crippen molar-refractivity contribution in [2.75, 3.05) is 10.6 Å². The second kappa shape index (κ2) is 7.07. The van der Waals surface area contributed by atoms with Gasteiger partial charge in [0.15, 0.2) is 5.69 Å². The van der Waals surface area contributed by atoms with Crippen LogP contribution in [0.4, 0.5) is 30.6 Å². The number of benzene rings is 1. The van der Waals surface area contributed by atoms with E-state index in [4.69, 9.17) is 0 Å². The first kappa shape index (κ1) is 18.0. The zero-order chi connectivity index (χ0) is 17.9. The Hall–Kier alpha value is -2.31. The van der Waals surface area contributed by atoms with Crippen molar-refractivity contribution in [2.45, 2.75) is 46.3 Å². The van der Waals surface area contributed by atoms with Crippen LogP contribution in [0.25, 0.3) is 0 Å². The third-order valence-corrected chi connectivity index (χ3v) is 3.87. The van der Waals surface area contributed by atoms with E-state index in [9.17, 15) is 13.2 Å². The molecule has 0 bridgehead atoms. The molecule has 2 aromatic rings. The smallest absolute Gasteiger partial charge is 0.352 e. The Morgan fingerprint density at radius 3 is 2.50 bits per heavy atom. The summed E-state index contributed by atoms with van der Waals surface area (Å²) in [7, 11) is 0. The Balaban J connectivity index is 2.41. The lowest BCUT2D eigenvalue weighted by Crippen LogP contribution is -2.18. The van der Waals surface area contributed by atoms with Gasteiger partial charge >= 0.3 is 6.18 Å². The maximum Gasteiger partial charge on any atom is 0.433 e. The van der Waals surface area contributed by atoms with Crippen LogP contribution in [0.2, 0.25) is 0 Å². The highest BCUT2D eigenvalue weighted by Crippen LogP contribution is 2.31. The molecule has 1 heterocycles. The summed E-state index contributed by atoms with van der Waals surface area (Å²) in [5.41, 5.74) is 1.75. The number of nitrogens with zero attached hydrogens (tertiary/aromatic N) is 2. The Labute approximate surface area is 139 Å². The molecule has 7 heteroatoms. The second-order valence-electron chi connectivity index (χ2n) is 5.79. The average Bonchev–Trinajstić information content (AvgIpc) is 2.50. The molecule has 0 fully saturated rings. The van der Waals surface area contributed by atoms with Crippen LogP contribution in [0.1, 0.15) is 37.1 Å². The number of anilines is 3. The van der Waals surface area contributed by atoms with E-state index in [2.05, 4.69) is 20.6 Å². The van der Waals surface area contributed by atoms with E-state index in [1.807, 2.05) is 39.8 Å². The van der Waals surface area contributed by atoms with Crippen molar-refractivity contribution < 1.29 is 13.2 Å². The minimum Gasteiger partial charge on any atom is -0.352 e. The van der Waals surface area contributed by atoms with E-state index in [-0.39, 0.29) is 17.8 Å². The maximum absolute atomic E-state index is 13.1. The summed E-state index contributed by atoms with van der Waals surface area (Å²) in [5, 5.41) is 5.86. The molecule has 0 saturated heterocycles. The number of hydrogen-bond donors (Lipinski definition) is 2. The highest BCUT2D eigenvalue weighted by Gasteiger charge is 2.34. The Morgan fingerprint density at radius 2 is 1.88 bits per heavy atom. The Morgan fingerprint density at radius 1 is 1.17 bits per heavy atom. The number of nitrogens with one attached hydrogen (secondary N) is 2. The first-order valence-corrected chi connectivity index (χ1v) is 7.76. The van der Waals surface area contributed by atoms with E-state index >= 15 is 0 Å². The molecule has 0 radical (unpaired) electrons. The molecule has 2 N–H and O–H groups in total. The zero-order valence-corrected chi connectivity index (χ0v) is 14.1. The van der Waals surface area contributed by atoms with E-state index in [1.165, 1.54) is 0 Å². The van der Waals surface area contributed by atoms with Crippen LogP contribution >= 0.6 is 0 Å². The van der Waals surface area contributed by atoms with Crippen LogP contribution in [0, 0.1) is 13.8 Å².